The molecular formula is C67H53NO. The number of hydrogen-bond donors (Lipinski definition) is 0. The minimum absolute atomic E-state index is 0.0361. The van der Waals surface area contributed by atoms with Crippen molar-refractivity contribution in [2.75, 3.05) is 4.90 Å². The van der Waals surface area contributed by atoms with E-state index < -0.39 is 5.41 Å². The van der Waals surface area contributed by atoms with E-state index in [1.165, 1.54) is 66.6 Å². The summed E-state index contributed by atoms with van der Waals surface area (Å²) in [5, 5.41) is 4.54. The maximum Gasteiger partial charge on any atom is 0.143 e. The van der Waals surface area contributed by atoms with Crippen molar-refractivity contribution in [2.24, 2.45) is 0 Å². The van der Waals surface area contributed by atoms with Gasteiger partial charge in [-0.15, -0.1) is 0 Å². The number of furan rings is 1. The lowest BCUT2D eigenvalue weighted by molar-refractivity contribution is 0.586. The van der Waals surface area contributed by atoms with Crippen LogP contribution in [0.2, 0.25) is 0 Å². The standard InChI is InChI=1S/C67H53NO/c1-65(2,3)45-30-34-52-53-35-31-46(66(4,5)6)40-59(53)67(58(52)39-45)57-25-15-12-24-51(57)54-36-32-47(41-60(54)67)68(61-26-16-13-21-48(61)42-18-8-7-9-19-42)62-27-17-14-22-49(62)44-29-37-63-56(38-44)55-33-28-43-20-10-11-23-50(43)64(55)69-63/h7-41H,1-6H3. The quantitative estimate of drug-likeness (QED) is 0.171. The largest absolute Gasteiger partial charge is 0.455 e. The highest BCUT2D eigenvalue weighted by molar-refractivity contribution is 6.16. The van der Waals surface area contributed by atoms with E-state index in [9.17, 15) is 0 Å². The van der Waals surface area contributed by atoms with Crippen molar-refractivity contribution in [3.05, 3.63) is 246 Å². The topological polar surface area (TPSA) is 16.4 Å². The Bertz CT molecular complexity index is 3810. The molecule has 0 radical (unpaired) electrons. The summed E-state index contributed by atoms with van der Waals surface area (Å²) in [5.74, 6) is 0. The summed E-state index contributed by atoms with van der Waals surface area (Å²) in [6, 6.07) is 79.5. The van der Waals surface area contributed by atoms with Crippen molar-refractivity contribution in [2.45, 2.75) is 57.8 Å². The zero-order valence-corrected chi connectivity index (χ0v) is 40.1. The van der Waals surface area contributed by atoms with Crippen molar-refractivity contribution in [3.8, 4) is 44.5 Å². The van der Waals surface area contributed by atoms with Crippen LogP contribution in [0.5, 0.6) is 0 Å². The van der Waals surface area contributed by atoms with Gasteiger partial charge in [0.15, 0.2) is 0 Å². The molecule has 11 aromatic rings. The Morgan fingerprint density at radius 3 is 1.57 bits per heavy atom. The molecule has 2 aliphatic carbocycles. The number of hydrogen-bond acceptors (Lipinski definition) is 2. The van der Waals surface area contributed by atoms with Gasteiger partial charge in [0.1, 0.15) is 11.2 Å². The fraction of sp³-hybridized carbons (Fsp3) is 0.134. The Labute approximate surface area is 405 Å². The van der Waals surface area contributed by atoms with Gasteiger partial charge in [0.05, 0.1) is 16.8 Å². The molecule has 1 spiro atoms. The Kier molecular flexibility index (Phi) is 8.99. The third-order valence-corrected chi connectivity index (χ3v) is 15.2. The lowest BCUT2D eigenvalue weighted by Gasteiger charge is -2.34. The van der Waals surface area contributed by atoms with Crippen LogP contribution >= 0.6 is 0 Å². The van der Waals surface area contributed by atoms with E-state index in [4.69, 9.17) is 4.42 Å². The molecule has 0 unspecified atom stereocenters. The lowest BCUT2D eigenvalue weighted by Crippen LogP contribution is -2.27. The molecule has 69 heavy (non-hydrogen) atoms. The molecule has 0 saturated heterocycles. The Hall–Kier alpha value is -7.94. The average Bonchev–Trinajstić information content (AvgIpc) is 4.00. The predicted molar refractivity (Wildman–Crippen MR) is 290 cm³/mol. The molecule has 2 heteroatoms. The number of fused-ring (bicyclic) bond motifs is 15. The first kappa shape index (κ1) is 41.3. The van der Waals surface area contributed by atoms with Gasteiger partial charge in [0, 0.05) is 33.0 Å². The minimum atomic E-state index is -0.545. The number of nitrogens with zero attached hydrogens (tertiary/aromatic N) is 1. The second-order valence-corrected chi connectivity index (χ2v) is 21.3. The van der Waals surface area contributed by atoms with Crippen molar-refractivity contribution in [1.29, 1.82) is 0 Å². The monoisotopic (exact) mass is 887 g/mol. The SMILES string of the molecule is CC(C)(C)c1ccc2c(c1)C1(c3ccccc3-c3ccc(N(c4ccccc4-c4ccccc4)c4ccccc4-c4ccc5oc6c7ccccc7ccc6c5c4)cc31)c1cc(C(C)(C)C)ccc1-2. The minimum Gasteiger partial charge on any atom is -0.455 e. The molecule has 332 valence electrons. The third kappa shape index (κ3) is 6.18. The smallest absolute Gasteiger partial charge is 0.143 e. The number of benzene rings is 10. The average molecular weight is 888 g/mol. The molecule has 1 heterocycles. The van der Waals surface area contributed by atoms with Crippen LogP contribution in [0, 0.1) is 0 Å². The second kappa shape index (κ2) is 15.0. The van der Waals surface area contributed by atoms with Gasteiger partial charge in [-0.05, 0) is 125 Å². The van der Waals surface area contributed by atoms with E-state index >= 15 is 0 Å². The molecule has 0 bridgehead atoms. The maximum atomic E-state index is 6.64. The van der Waals surface area contributed by atoms with Gasteiger partial charge in [-0.25, -0.2) is 0 Å². The van der Waals surface area contributed by atoms with E-state index in [2.05, 4.69) is 259 Å². The van der Waals surface area contributed by atoms with E-state index in [1.807, 2.05) is 0 Å². The van der Waals surface area contributed by atoms with E-state index in [0.717, 1.165) is 61.1 Å². The Morgan fingerprint density at radius 1 is 0.362 bits per heavy atom. The second-order valence-electron chi connectivity index (χ2n) is 21.3. The first-order chi connectivity index (χ1) is 33.5. The molecule has 0 atom stereocenters. The summed E-state index contributed by atoms with van der Waals surface area (Å²) in [6.07, 6.45) is 0. The van der Waals surface area contributed by atoms with Crippen molar-refractivity contribution >= 4 is 49.8 Å². The van der Waals surface area contributed by atoms with Crippen molar-refractivity contribution in [3.63, 3.8) is 0 Å². The summed E-state index contributed by atoms with van der Waals surface area (Å²) in [5.41, 5.74) is 22.4. The van der Waals surface area contributed by atoms with Crippen LogP contribution in [0.15, 0.2) is 217 Å². The van der Waals surface area contributed by atoms with Crippen LogP contribution in [-0.4, -0.2) is 0 Å². The van der Waals surface area contributed by atoms with Gasteiger partial charge in [-0.3, -0.25) is 0 Å². The van der Waals surface area contributed by atoms with E-state index in [-0.39, 0.29) is 10.8 Å². The highest BCUT2D eigenvalue weighted by Crippen LogP contribution is 2.64. The third-order valence-electron chi connectivity index (χ3n) is 15.2. The van der Waals surface area contributed by atoms with Gasteiger partial charge >= 0.3 is 0 Å². The van der Waals surface area contributed by atoms with Gasteiger partial charge in [0.2, 0.25) is 0 Å². The first-order valence-electron chi connectivity index (χ1n) is 24.4. The zero-order chi connectivity index (χ0) is 46.8. The molecular weight excluding hydrogens is 835 g/mol. The van der Waals surface area contributed by atoms with E-state index in [0.29, 0.717) is 0 Å². The van der Waals surface area contributed by atoms with Crippen LogP contribution in [0.1, 0.15) is 74.9 Å². The molecule has 2 nitrogen and oxygen atoms in total. The first-order valence-corrected chi connectivity index (χ1v) is 24.4. The normalized spacial score (nSPS) is 13.5. The highest BCUT2D eigenvalue weighted by atomic mass is 16.3. The molecule has 0 saturated carbocycles. The molecule has 10 aromatic carbocycles. The number of para-hydroxylation sites is 2. The zero-order valence-electron chi connectivity index (χ0n) is 40.1. The summed E-state index contributed by atoms with van der Waals surface area (Å²) in [6.45, 7) is 14.0. The van der Waals surface area contributed by atoms with Gasteiger partial charge in [-0.2, -0.15) is 0 Å². The molecule has 2 aliphatic rings. The van der Waals surface area contributed by atoms with Crippen molar-refractivity contribution in [1.82, 2.24) is 0 Å². The molecule has 0 fully saturated rings. The summed E-state index contributed by atoms with van der Waals surface area (Å²) in [7, 11) is 0. The Morgan fingerprint density at radius 2 is 0.899 bits per heavy atom. The van der Waals surface area contributed by atoms with Crippen LogP contribution in [0.3, 0.4) is 0 Å². The predicted octanol–water partition coefficient (Wildman–Crippen LogP) is 18.5. The highest BCUT2D eigenvalue weighted by Gasteiger charge is 2.52. The summed E-state index contributed by atoms with van der Waals surface area (Å²) in [4.78, 5) is 2.52. The van der Waals surface area contributed by atoms with Gasteiger partial charge in [0.25, 0.3) is 0 Å². The molecule has 1 aromatic heterocycles. The van der Waals surface area contributed by atoms with Crippen LogP contribution in [0.25, 0.3) is 77.2 Å². The maximum absolute atomic E-state index is 6.64. The van der Waals surface area contributed by atoms with E-state index in [1.54, 1.807) is 0 Å². The number of rotatable bonds is 5. The van der Waals surface area contributed by atoms with Gasteiger partial charge < -0.3 is 9.32 Å². The molecule has 13 rings (SSSR count). The van der Waals surface area contributed by atoms with Crippen LogP contribution < -0.4 is 4.90 Å². The molecule has 0 amide bonds. The fourth-order valence-corrected chi connectivity index (χ4v) is 11.8. The Balaban J connectivity index is 1.09. The van der Waals surface area contributed by atoms with Gasteiger partial charge in [-0.1, -0.05) is 211 Å². The summed E-state index contributed by atoms with van der Waals surface area (Å²) >= 11 is 0. The fourth-order valence-electron chi connectivity index (χ4n) is 11.8. The molecule has 0 N–H and O–H groups in total. The van der Waals surface area contributed by atoms with Crippen molar-refractivity contribution < 1.29 is 4.42 Å². The molecule has 0 aliphatic heterocycles. The summed E-state index contributed by atoms with van der Waals surface area (Å²) < 4.78 is 6.64. The van der Waals surface area contributed by atoms with Crippen LogP contribution in [-0.2, 0) is 16.2 Å². The van der Waals surface area contributed by atoms with Crippen LogP contribution in [0.4, 0.5) is 17.1 Å². The lowest BCUT2D eigenvalue weighted by atomic mass is 9.68. The number of anilines is 3.